The van der Waals surface area contributed by atoms with Crippen molar-refractivity contribution >= 4 is 5.97 Å². The lowest BCUT2D eigenvalue weighted by Crippen LogP contribution is -2.28. The second-order valence-electron chi connectivity index (χ2n) is 6.60. The molecule has 0 aliphatic heterocycles. The molecule has 3 nitrogen and oxygen atoms in total. The number of nitrogens with zero attached hydrogens (tertiary/aromatic N) is 1. The van der Waals surface area contributed by atoms with Crippen LogP contribution in [0.25, 0.3) is 0 Å². The predicted molar refractivity (Wildman–Crippen MR) is 95.9 cm³/mol. The van der Waals surface area contributed by atoms with Crippen LogP contribution in [-0.2, 0) is 17.7 Å². The second-order valence-corrected chi connectivity index (χ2v) is 6.60. The zero-order valence-electron chi connectivity index (χ0n) is 14.3. The highest BCUT2D eigenvalue weighted by atomic mass is 16.5. The zero-order valence-corrected chi connectivity index (χ0v) is 14.3. The van der Waals surface area contributed by atoms with Gasteiger partial charge in [-0.3, -0.25) is 4.90 Å². The third kappa shape index (κ3) is 4.93. The number of benzene rings is 2. The smallest absolute Gasteiger partial charge is 0.337 e. The maximum Gasteiger partial charge on any atom is 0.337 e. The predicted octanol–water partition coefficient (Wildman–Crippen LogP) is 3.93. The fourth-order valence-corrected chi connectivity index (χ4v) is 2.95. The third-order valence-corrected chi connectivity index (χ3v) is 4.55. The van der Waals surface area contributed by atoms with Crippen LogP contribution in [0.3, 0.4) is 0 Å². The standard InChI is InChI=1S/C21H25NO2/c1-24-21(23)20-11-9-19(10-12-20)16-22(15-18-7-8-18)14-13-17-5-3-2-4-6-17/h2-6,9-12,18H,7-8,13-16H2,1H3. The first kappa shape index (κ1) is 16.7. The summed E-state index contributed by atoms with van der Waals surface area (Å²) in [4.78, 5) is 14.1. The average Bonchev–Trinajstić information content (AvgIpc) is 3.44. The van der Waals surface area contributed by atoms with E-state index >= 15 is 0 Å². The van der Waals surface area contributed by atoms with Crippen LogP contribution in [0.2, 0.25) is 0 Å². The highest BCUT2D eigenvalue weighted by Crippen LogP contribution is 2.30. The minimum atomic E-state index is -0.277. The van der Waals surface area contributed by atoms with E-state index in [4.69, 9.17) is 4.74 Å². The maximum atomic E-state index is 11.5. The molecule has 1 fully saturated rings. The van der Waals surface area contributed by atoms with Gasteiger partial charge in [0, 0.05) is 19.6 Å². The molecule has 0 radical (unpaired) electrons. The van der Waals surface area contributed by atoms with Gasteiger partial charge in [0.15, 0.2) is 0 Å². The normalized spacial score (nSPS) is 13.9. The monoisotopic (exact) mass is 323 g/mol. The van der Waals surface area contributed by atoms with Crippen molar-refractivity contribution in [2.24, 2.45) is 5.92 Å². The van der Waals surface area contributed by atoms with E-state index in [0.29, 0.717) is 5.56 Å². The van der Waals surface area contributed by atoms with E-state index in [1.165, 1.54) is 37.6 Å². The summed E-state index contributed by atoms with van der Waals surface area (Å²) in [6.45, 7) is 3.18. The maximum absolute atomic E-state index is 11.5. The van der Waals surface area contributed by atoms with Crippen molar-refractivity contribution in [2.75, 3.05) is 20.2 Å². The number of esters is 1. The van der Waals surface area contributed by atoms with E-state index in [1.807, 2.05) is 24.3 Å². The minimum Gasteiger partial charge on any atom is -0.465 e. The number of carbonyl (C=O) groups excluding carboxylic acids is 1. The molecule has 2 aromatic carbocycles. The Bertz CT molecular complexity index is 647. The summed E-state index contributed by atoms with van der Waals surface area (Å²) in [5.41, 5.74) is 3.25. The Hall–Kier alpha value is -2.13. The van der Waals surface area contributed by atoms with Gasteiger partial charge >= 0.3 is 5.97 Å². The fourth-order valence-electron chi connectivity index (χ4n) is 2.95. The Kier molecular flexibility index (Phi) is 5.65. The zero-order chi connectivity index (χ0) is 16.8. The van der Waals surface area contributed by atoms with Crippen LogP contribution in [0.4, 0.5) is 0 Å². The molecule has 0 amide bonds. The number of ether oxygens (including phenoxy) is 1. The van der Waals surface area contributed by atoms with Crippen LogP contribution >= 0.6 is 0 Å². The van der Waals surface area contributed by atoms with Gasteiger partial charge < -0.3 is 4.74 Å². The lowest BCUT2D eigenvalue weighted by atomic mass is 10.1. The van der Waals surface area contributed by atoms with Crippen molar-refractivity contribution in [1.29, 1.82) is 0 Å². The fraction of sp³-hybridized carbons (Fsp3) is 0.381. The Morgan fingerprint density at radius 3 is 2.38 bits per heavy atom. The number of hydrogen-bond acceptors (Lipinski definition) is 3. The Morgan fingerprint density at radius 1 is 1.04 bits per heavy atom. The summed E-state index contributed by atoms with van der Waals surface area (Å²) < 4.78 is 4.76. The van der Waals surface area contributed by atoms with Gasteiger partial charge in [0.05, 0.1) is 12.7 Å². The minimum absolute atomic E-state index is 0.277. The molecule has 2 aromatic rings. The van der Waals surface area contributed by atoms with Crippen molar-refractivity contribution in [3.63, 3.8) is 0 Å². The van der Waals surface area contributed by atoms with Crippen LogP contribution < -0.4 is 0 Å². The largest absolute Gasteiger partial charge is 0.465 e. The summed E-state index contributed by atoms with van der Waals surface area (Å²) in [6.07, 6.45) is 3.81. The molecular formula is C21H25NO2. The van der Waals surface area contributed by atoms with Crippen molar-refractivity contribution in [2.45, 2.75) is 25.8 Å². The lowest BCUT2D eigenvalue weighted by molar-refractivity contribution is 0.0600. The first-order chi connectivity index (χ1) is 11.7. The lowest BCUT2D eigenvalue weighted by Gasteiger charge is -2.22. The molecule has 0 spiro atoms. The molecule has 0 unspecified atom stereocenters. The van der Waals surface area contributed by atoms with Crippen LogP contribution in [0, 0.1) is 5.92 Å². The Labute approximate surface area is 144 Å². The van der Waals surface area contributed by atoms with Gasteiger partial charge in [-0.05, 0) is 48.4 Å². The van der Waals surface area contributed by atoms with E-state index in [2.05, 4.69) is 35.2 Å². The molecular weight excluding hydrogens is 298 g/mol. The van der Waals surface area contributed by atoms with Crippen molar-refractivity contribution in [3.8, 4) is 0 Å². The first-order valence-corrected chi connectivity index (χ1v) is 8.68. The molecule has 1 aliphatic carbocycles. The molecule has 0 bridgehead atoms. The van der Waals surface area contributed by atoms with Crippen LogP contribution in [0.1, 0.15) is 34.3 Å². The average molecular weight is 323 g/mol. The van der Waals surface area contributed by atoms with Crippen LogP contribution in [-0.4, -0.2) is 31.1 Å². The van der Waals surface area contributed by atoms with Gasteiger partial charge in [-0.2, -0.15) is 0 Å². The first-order valence-electron chi connectivity index (χ1n) is 8.68. The molecule has 0 saturated heterocycles. The SMILES string of the molecule is COC(=O)c1ccc(CN(CCc2ccccc2)CC2CC2)cc1. The summed E-state index contributed by atoms with van der Waals surface area (Å²) in [6, 6.07) is 18.4. The molecule has 0 heterocycles. The topological polar surface area (TPSA) is 29.5 Å². The summed E-state index contributed by atoms with van der Waals surface area (Å²) >= 11 is 0. The van der Waals surface area contributed by atoms with Crippen molar-refractivity contribution in [3.05, 3.63) is 71.3 Å². The highest BCUT2D eigenvalue weighted by Gasteiger charge is 2.24. The van der Waals surface area contributed by atoms with Crippen LogP contribution in [0.5, 0.6) is 0 Å². The summed E-state index contributed by atoms with van der Waals surface area (Å²) in [5.74, 6) is 0.593. The van der Waals surface area contributed by atoms with E-state index in [0.717, 1.165) is 25.4 Å². The Balaban J connectivity index is 1.59. The molecule has 0 N–H and O–H groups in total. The number of hydrogen-bond donors (Lipinski definition) is 0. The molecule has 1 saturated carbocycles. The molecule has 3 rings (SSSR count). The van der Waals surface area contributed by atoms with Crippen LogP contribution in [0.15, 0.2) is 54.6 Å². The molecule has 0 aromatic heterocycles. The third-order valence-electron chi connectivity index (χ3n) is 4.55. The van der Waals surface area contributed by atoms with Gasteiger partial charge in [0.25, 0.3) is 0 Å². The molecule has 1 aliphatic rings. The molecule has 3 heteroatoms. The van der Waals surface area contributed by atoms with E-state index < -0.39 is 0 Å². The quantitative estimate of drug-likeness (QED) is 0.689. The Morgan fingerprint density at radius 2 is 1.75 bits per heavy atom. The van der Waals surface area contributed by atoms with Crippen molar-refractivity contribution < 1.29 is 9.53 Å². The van der Waals surface area contributed by atoms with E-state index in [1.54, 1.807) is 0 Å². The second kappa shape index (κ2) is 8.11. The molecule has 0 atom stereocenters. The van der Waals surface area contributed by atoms with Gasteiger partial charge in [-0.25, -0.2) is 4.79 Å². The number of rotatable bonds is 8. The van der Waals surface area contributed by atoms with E-state index in [-0.39, 0.29) is 5.97 Å². The summed E-state index contributed by atoms with van der Waals surface area (Å²) in [7, 11) is 1.41. The number of methoxy groups -OCH3 is 1. The van der Waals surface area contributed by atoms with Gasteiger partial charge in [-0.1, -0.05) is 42.5 Å². The highest BCUT2D eigenvalue weighted by molar-refractivity contribution is 5.89. The number of carbonyl (C=O) groups is 1. The van der Waals surface area contributed by atoms with Gasteiger partial charge in [-0.15, -0.1) is 0 Å². The summed E-state index contributed by atoms with van der Waals surface area (Å²) in [5, 5.41) is 0. The van der Waals surface area contributed by atoms with E-state index in [9.17, 15) is 4.79 Å². The molecule has 24 heavy (non-hydrogen) atoms. The molecule has 126 valence electrons. The van der Waals surface area contributed by atoms with Gasteiger partial charge in [0.2, 0.25) is 0 Å². The van der Waals surface area contributed by atoms with Crippen molar-refractivity contribution in [1.82, 2.24) is 4.90 Å². The van der Waals surface area contributed by atoms with Gasteiger partial charge in [0.1, 0.15) is 0 Å².